The number of carbonyl (C=O) groups is 1. The third kappa shape index (κ3) is 3.38. The molecule has 110 valence electrons. The summed E-state index contributed by atoms with van der Waals surface area (Å²) >= 11 is 1.57. The van der Waals surface area contributed by atoms with Gasteiger partial charge in [0.05, 0.1) is 16.3 Å². The molecule has 1 N–H and O–H groups in total. The van der Waals surface area contributed by atoms with Gasteiger partial charge in [0, 0.05) is 18.5 Å². The molecule has 3 rings (SSSR count). The van der Waals surface area contributed by atoms with E-state index in [2.05, 4.69) is 15.3 Å². The fourth-order valence-electron chi connectivity index (χ4n) is 2.11. The molecule has 4 nitrogen and oxygen atoms in total. The summed E-state index contributed by atoms with van der Waals surface area (Å²) in [5.74, 6) is -0.136. The SMILES string of the molecule is CC(NC(=O)/C=C/c1nc2ccccc2s1)c1ccncc1. The summed E-state index contributed by atoms with van der Waals surface area (Å²) in [4.78, 5) is 20.4. The van der Waals surface area contributed by atoms with Gasteiger partial charge in [0.1, 0.15) is 5.01 Å². The zero-order chi connectivity index (χ0) is 15.4. The minimum Gasteiger partial charge on any atom is -0.346 e. The molecular weight excluding hydrogens is 294 g/mol. The maximum absolute atomic E-state index is 12.0. The van der Waals surface area contributed by atoms with Crippen molar-refractivity contribution in [1.82, 2.24) is 15.3 Å². The number of fused-ring (bicyclic) bond motifs is 1. The highest BCUT2D eigenvalue weighted by Crippen LogP contribution is 2.22. The van der Waals surface area contributed by atoms with Gasteiger partial charge in [-0.2, -0.15) is 0 Å². The van der Waals surface area contributed by atoms with Crippen LogP contribution in [0.25, 0.3) is 16.3 Å². The third-order valence-electron chi connectivity index (χ3n) is 3.25. The van der Waals surface area contributed by atoms with Gasteiger partial charge in [0.25, 0.3) is 0 Å². The topological polar surface area (TPSA) is 54.9 Å². The van der Waals surface area contributed by atoms with E-state index in [4.69, 9.17) is 0 Å². The number of thiazole rings is 1. The largest absolute Gasteiger partial charge is 0.346 e. The smallest absolute Gasteiger partial charge is 0.244 e. The van der Waals surface area contributed by atoms with E-state index in [1.165, 1.54) is 6.08 Å². The van der Waals surface area contributed by atoms with E-state index in [9.17, 15) is 4.79 Å². The van der Waals surface area contributed by atoms with E-state index in [0.717, 1.165) is 20.8 Å². The predicted molar refractivity (Wildman–Crippen MR) is 89.4 cm³/mol. The Hall–Kier alpha value is -2.53. The van der Waals surface area contributed by atoms with Crippen LogP contribution in [-0.2, 0) is 4.79 Å². The summed E-state index contributed by atoms with van der Waals surface area (Å²) in [5.41, 5.74) is 1.98. The second-order valence-corrected chi connectivity index (χ2v) is 5.93. The van der Waals surface area contributed by atoms with Crippen molar-refractivity contribution in [2.45, 2.75) is 13.0 Å². The lowest BCUT2D eigenvalue weighted by Crippen LogP contribution is -2.24. The quantitative estimate of drug-likeness (QED) is 0.749. The van der Waals surface area contributed by atoms with Crippen LogP contribution in [0.2, 0.25) is 0 Å². The predicted octanol–water partition coefficient (Wildman–Crippen LogP) is 3.58. The van der Waals surface area contributed by atoms with Crippen LogP contribution in [0.5, 0.6) is 0 Å². The molecule has 0 bridgehead atoms. The molecule has 0 saturated carbocycles. The number of pyridine rings is 1. The second-order valence-electron chi connectivity index (χ2n) is 4.86. The van der Waals surface area contributed by atoms with Crippen LogP contribution in [-0.4, -0.2) is 15.9 Å². The van der Waals surface area contributed by atoms with Gasteiger partial charge >= 0.3 is 0 Å². The molecule has 0 spiro atoms. The van der Waals surface area contributed by atoms with Crippen molar-refractivity contribution in [3.05, 3.63) is 65.4 Å². The molecule has 1 amide bonds. The Morgan fingerprint density at radius 2 is 2.00 bits per heavy atom. The highest BCUT2D eigenvalue weighted by Gasteiger charge is 2.07. The van der Waals surface area contributed by atoms with Crippen LogP contribution in [0.4, 0.5) is 0 Å². The molecular formula is C17H15N3OS. The number of carbonyl (C=O) groups excluding carboxylic acids is 1. The Bertz CT molecular complexity index is 778. The van der Waals surface area contributed by atoms with E-state index in [-0.39, 0.29) is 11.9 Å². The summed E-state index contributed by atoms with van der Waals surface area (Å²) in [6.07, 6.45) is 6.71. The molecule has 0 aliphatic rings. The van der Waals surface area contributed by atoms with Gasteiger partial charge in [-0.05, 0) is 42.8 Å². The zero-order valence-electron chi connectivity index (χ0n) is 12.1. The average Bonchev–Trinajstić information content (AvgIpc) is 2.96. The van der Waals surface area contributed by atoms with Crippen LogP contribution < -0.4 is 5.32 Å². The Morgan fingerprint density at radius 3 is 2.77 bits per heavy atom. The van der Waals surface area contributed by atoms with Gasteiger partial charge in [-0.25, -0.2) is 4.98 Å². The number of amides is 1. The lowest BCUT2D eigenvalue weighted by atomic mass is 10.1. The molecule has 2 aromatic heterocycles. The molecule has 0 radical (unpaired) electrons. The first kappa shape index (κ1) is 14.4. The van der Waals surface area contributed by atoms with E-state index >= 15 is 0 Å². The molecule has 0 aliphatic carbocycles. The first-order valence-corrected chi connectivity index (χ1v) is 7.78. The van der Waals surface area contributed by atoms with Crippen molar-refractivity contribution in [3.63, 3.8) is 0 Å². The summed E-state index contributed by atoms with van der Waals surface area (Å²) in [6.45, 7) is 1.94. The average molecular weight is 309 g/mol. The normalized spacial score (nSPS) is 12.6. The zero-order valence-corrected chi connectivity index (χ0v) is 12.9. The Balaban J connectivity index is 1.66. The standard InChI is InChI=1S/C17H15N3OS/c1-12(13-8-10-18-11-9-13)19-16(21)6-7-17-20-14-4-2-3-5-15(14)22-17/h2-12H,1H3,(H,19,21)/b7-6+. The molecule has 5 heteroatoms. The first-order chi connectivity index (χ1) is 10.7. The number of rotatable bonds is 4. The number of para-hydroxylation sites is 1. The van der Waals surface area contributed by atoms with Crippen LogP contribution in [0.1, 0.15) is 23.5 Å². The fraction of sp³-hybridized carbons (Fsp3) is 0.118. The number of nitrogens with one attached hydrogen (secondary N) is 1. The van der Waals surface area contributed by atoms with Crippen molar-refractivity contribution in [1.29, 1.82) is 0 Å². The maximum atomic E-state index is 12.0. The van der Waals surface area contributed by atoms with Gasteiger partial charge < -0.3 is 5.32 Å². The molecule has 0 saturated heterocycles. The van der Waals surface area contributed by atoms with Crippen LogP contribution in [0.15, 0.2) is 54.9 Å². The summed E-state index contributed by atoms with van der Waals surface area (Å²) in [5, 5.41) is 3.75. The van der Waals surface area contributed by atoms with Crippen molar-refractivity contribution in [2.75, 3.05) is 0 Å². The first-order valence-electron chi connectivity index (χ1n) is 6.96. The maximum Gasteiger partial charge on any atom is 0.244 e. The van der Waals surface area contributed by atoms with E-state index < -0.39 is 0 Å². The lowest BCUT2D eigenvalue weighted by Gasteiger charge is -2.12. The Kier molecular flexibility index (Phi) is 4.25. The van der Waals surface area contributed by atoms with Crippen molar-refractivity contribution >= 4 is 33.5 Å². The molecule has 22 heavy (non-hydrogen) atoms. The molecule has 0 fully saturated rings. The van der Waals surface area contributed by atoms with Gasteiger partial charge in [-0.3, -0.25) is 9.78 Å². The molecule has 0 aliphatic heterocycles. The number of hydrogen-bond acceptors (Lipinski definition) is 4. The second kappa shape index (κ2) is 6.49. The van der Waals surface area contributed by atoms with Gasteiger partial charge in [0.2, 0.25) is 5.91 Å². The lowest BCUT2D eigenvalue weighted by molar-refractivity contribution is -0.117. The molecule has 1 atom stereocenters. The van der Waals surface area contributed by atoms with Crippen LogP contribution in [0, 0.1) is 0 Å². The van der Waals surface area contributed by atoms with E-state index in [1.807, 2.05) is 43.3 Å². The molecule has 1 aromatic carbocycles. The number of hydrogen-bond donors (Lipinski definition) is 1. The van der Waals surface area contributed by atoms with E-state index in [1.54, 1.807) is 29.8 Å². The monoisotopic (exact) mass is 309 g/mol. The van der Waals surface area contributed by atoms with Gasteiger partial charge in [0.15, 0.2) is 0 Å². The van der Waals surface area contributed by atoms with E-state index in [0.29, 0.717) is 0 Å². The van der Waals surface area contributed by atoms with Crippen molar-refractivity contribution in [3.8, 4) is 0 Å². The third-order valence-corrected chi connectivity index (χ3v) is 4.25. The highest BCUT2D eigenvalue weighted by molar-refractivity contribution is 7.19. The van der Waals surface area contributed by atoms with Crippen LogP contribution >= 0.6 is 11.3 Å². The number of aromatic nitrogens is 2. The summed E-state index contributed by atoms with van der Waals surface area (Å²) in [6, 6.07) is 11.7. The van der Waals surface area contributed by atoms with Crippen molar-refractivity contribution < 1.29 is 4.79 Å². The summed E-state index contributed by atoms with van der Waals surface area (Å²) < 4.78 is 1.12. The van der Waals surface area contributed by atoms with Crippen molar-refractivity contribution in [2.24, 2.45) is 0 Å². The minimum absolute atomic E-state index is 0.0597. The fourth-order valence-corrected chi connectivity index (χ4v) is 2.98. The van der Waals surface area contributed by atoms with Crippen LogP contribution in [0.3, 0.4) is 0 Å². The molecule has 3 aromatic rings. The summed E-state index contributed by atoms with van der Waals surface area (Å²) in [7, 11) is 0. The molecule has 1 unspecified atom stereocenters. The Morgan fingerprint density at radius 1 is 1.23 bits per heavy atom. The number of nitrogens with zero attached hydrogens (tertiary/aromatic N) is 2. The Labute approximate surface area is 132 Å². The van der Waals surface area contributed by atoms with Gasteiger partial charge in [-0.1, -0.05) is 12.1 Å². The minimum atomic E-state index is -0.136. The number of benzene rings is 1. The molecule has 2 heterocycles. The highest BCUT2D eigenvalue weighted by atomic mass is 32.1. The van der Waals surface area contributed by atoms with Gasteiger partial charge in [-0.15, -0.1) is 11.3 Å².